The highest BCUT2D eigenvalue weighted by atomic mass is 80.0. The van der Waals surface area contributed by atoms with Crippen LogP contribution in [-0.2, 0) is 0 Å². The molecule has 0 aromatic rings. The Bertz CT molecular complexity index is 298. The molecule has 1 fully saturated rings. The smallest absolute Gasteiger partial charge is 0.114 e. The minimum absolute atomic E-state index is 2.09. The van der Waals surface area contributed by atoms with E-state index in [4.69, 9.17) is 0 Å². The van der Waals surface area contributed by atoms with E-state index in [1.165, 1.54) is 0 Å². The summed E-state index contributed by atoms with van der Waals surface area (Å²) in [5.74, 6) is 0. The molecule has 0 atom stereocenters. The fourth-order valence-corrected chi connectivity index (χ4v) is 696. The van der Waals surface area contributed by atoms with E-state index >= 15 is 0 Å². The van der Waals surface area contributed by atoms with E-state index in [1.54, 1.807) is 0 Å². The van der Waals surface area contributed by atoms with Crippen LogP contribution in [0.2, 0.25) is 0 Å². The van der Waals surface area contributed by atoms with E-state index in [-0.39, 0.29) is 0 Å². The summed E-state index contributed by atoms with van der Waals surface area (Å²) in [5.41, 5.74) is 0. The second-order valence-electron chi connectivity index (χ2n) is 4.02. The van der Waals surface area contributed by atoms with Gasteiger partial charge in [-0.05, 0) is 0 Å². The third kappa shape index (κ3) is 3.83. The first kappa shape index (κ1) is 27.3. The first-order chi connectivity index (χ1) is 8.75. The second-order valence-corrected chi connectivity index (χ2v) is 188. The van der Waals surface area contributed by atoms with E-state index in [0.717, 1.165) is 0 Å². The van der Waals surface area contributed by atoms with Gasteiger partial charge in [-0.25, -0.2) is 0 Å². The molecule has 0 radical (unpaired) electrons. The van der Waals surface area contributed by atoms with Crippen LogP contribution in [0.5, 0.6) is 0 Å². The first-order valence-corrected chi connectivity index (χ1v) is 57.0. The molecular weight excluding hydrogens is 1320 g/mol. The maximum atomic E-state index is 4.14. The number of halogens is 14. The number of rotatable bonds is 0. The van der Waals surface area contributed by atoms with Crippen LogP contribution < -0.4 is 0 Å². The summed E-state index contributed by atoms with van der Waals surface area (Å²) < 4.78 is -14.6. The van der Waals surface area contributed by atoms with Crippen LogP contribution in [0, 0.1) is 0 Å². The molecule has 0 N–H and O–H groups in total. The molecule has 21 heavy (non-hydrogen) atoms. The van der Waals surface area contributed by atoms with Crippen LogP contribution in [0.4, 0.5) is 0 Å². The van der Waals surface area contributed by atoms with E-state index in [0.29, 0.717) is 0 Å². The van der Waals surface area contributed by atoms with Crippen LogP contribution in [0.15, 0.2) is 0 Å². The van der Waals surface area contributed by atoms with Crippen LogP contribution in [0.25, 0.3) is 0 Å². The Labute approximate surface area is 238 Å². The molecule has 0 aromatic carbocycles. The van der Waals surface area contributed by atoms with Gasteiger partial charge < -0.3 is 0 Å². The monoisotopic (exact) mass is 1300 g/mol. The van der Waals surface area contributed by atoms with Gasteiger partial charge in [0, 0.05) is 0 Å². The van der Waals surface area contributed by atoms with Crippen LogP contribution in [0.1, 0.15) is 0 Å². The van der Waals surface area contributed by atoms with Gasteiger partial charge >= 0.3 is 0 Å². The Hall–Kier alpha value is 8.24. The molecule has 0 saturated carbocycles. The predicted octanol–water partition coefficient (Wildman–Crippen LogP) is 9.17. The van der Waals surface area contributed by atoms with Crippen molar-refractivity contribution in [2.75, 3.05) is 0 Å². The second kappa shape index (κ2) is 8.30. The Morgan fingerprint density at radius 1 is 0.190 bits per heavy atom. The maximum absolute atomic E-state index is 4.14. The molecule has 1 saturated heterocycles. The molecule has 0 amide bonds. The van der Waals surface area contributed by atoms with Crippen LogP contribution >= 0.6 is 214 Å². The Balaban J connectivity index is 3.97. The van der Waals surface area contributed by atoms with Gasteiger partial charge in [0.25, 0.3) is 0 Å². The highest BCUT2D eigenvalue weighted by Gasteiger charge is 2.91. The normalized spacial score (nSPS) is 34.0. The third-order valence-corrected chi connectivity index (χ3v) is 464. The molecule has 0 spiro atoms. The summed E-state index contributed by atoms with van der Waals surface area (Å²) in [6.07, 6.45) is 0. The van der Waals surface area contributed by atoms with Crippen molar-refractivity contribution in [1.29, 1.82) is 0 Å². The Kier molecular flexibility index (Phi) is 10.8. The SMILES string of the molecule is Br[Si]1(Br)[Si](Br)(Br)[Si](Br)(Br)[Si](Br)(Br)[Si](Br)(Br)[Si](Br)(Br)[Si]1(Br)Br. The lowest BCUT2D eigenvalue weighted by atomic mass is 26.2. The van der Waals surface area contributed by atoms with Crippen molar-refractivity contribution in [3.8, 4) is 0 Å². The standard InChI is InChI=1S/Br14Si7/c1-15(2)16(3,4)18(7,8)20(11,12)21(13,14)19(9,10)17(15,5)6. The maximum Gasteiger partial charge on any atom is 0.229 e. The van der Waals surface area contributed by atoms with Gasteiger partial charge in [0.2, 0.25) is 30.4 Å². The lowest BCUT2D eigenvalue weighted by molar-refractivity contribution is 3.58. The summed E-state index contributed by atoms with van der Waals surface area (Å²) in [5, 5.41) is 0. The summed E-state index contributed by atoms with van der Waals surface area (Å²) in [6, 6.07) is 0. The first-order valence-electron chi connectivity index (χ1n) is 4.40. The van der Waals surface area contributed by atoms with Gasteiger partial charge in [-0.1, -0.05) is 0 Å². The minimum Gasteiger partial charge on any atom is -0.114 e. The Morgan fingerprint density at radius 3 is 0.286 bits per heavy atom. The largest absolute Gasteiger partial charge is 0.229 e. The molecule has 1 aliphatic rings. The fraction of sp³-hybridized carbons (Fsp3) is 0. The highest BCUT2D eigenvalue weighted by Crippen LogP contribution is 2.71. The third-order valence-electron chi connectivity index (χ3n) is 2.76. The zero-order valence-electron chi connectivity index (χ0n) is 8.79. The Morgan fingerprint density at radius 2 is 0.238 bits per heavy atom. The van der Waals surface area contributed by atoms with Crippen molar-refractivity contribution in [2.24, 2.45) is 0 Å². The molecule has 1 rings (SSSR count). The molecule has 0 aromatic heterocycles. The van der Waals surface area contributed by atoms with Crippen molar-refractivity contribution in [2.45, 2.75) is 0 Å². The van der Waals surface area contributed by atoms with Gasteiger partial charge in [-0.15, -0.1) is 214 Å². The van der Waals surface area contributed by atoms with Gasteiger partial charge in [-0.2, -0.15) is 0 Å². The van der Waals surface area contributed by atoms with Crippen molar-refractivity contribution in [3.05, 3.63) is 0 Å². The molecule has 0 nitrogen and oxygen atoms in total. The predicted molar refractivity (Wildman–Crippen MR) is 165 cm³/mol. The number of hydrogen-bond acceptors (Lipinski definition) is 0. The van der Waals surface area contributed by atoms with Crippen molar-refractivity contribution in [3.63, 3.8) is 0 Å². The van der Waals surface area contributed by atoms with Gasteiger partial charge in [0.15, 0.2) is 0 Å². The molecule has 1 heterocycles. The highest BCUT2D eigenvalue weighted by molar-refractivity contribution is 9.89. The van der Waals surface area contributed by atoms with Gasteiger partial charge in [-0.3, -0.25) is 0 Å². The fourth-order valence-electron chi connectivity index (χ4n) is 1.38. The van der Waals surface area contributed by atoms with Crippen LogP contribution in [0.3, 0.4) is 0 Å². The summed E-state index contributed by atoms with van der Waals surface area (Å²) in [6.45, 7) is 0. The van der Waals surface area contributed by atoms with Gasteiger partial charge in [0.05, 0.1) is 0 Å². The molecule has 0 aliphatic carbocycles. The summed E-state index contributed by atoms with van der Waals surface area (Å²) in [7, 11) is 0. The average Bonchev–Trinajstić information content (AvgIpc) is 2.26. The molecular formula is Br14Si7. The van der Waals surface area contributed by atoms with Crippen LogP contribution in [-0.4, -0.2) is 30.4 Å². The topological polar surface area (TPSA) is 0 Å². The van der Waals surface area contributed by atoms with Crippen molar-refractivity contribution < 1.29 is 0 Å². The zero-order valence-corrected chi connectivity index (χ0v) is 38.0. The molecule has 126 valence electrons. The lowest BCUT2D eigenvalue weighted by Gasteiger charge is -2.43. The molecule has 0 unspecified atom stereocenters. The lowest BCUT2D eigenvalue weighted by Crippen LogP contribution is -2.74. The zero-order chi connectivity index (χ0) is 17.5. The average molecular weight is 1320 g/mol. The van der Waals surface area contributed by atoms with Gasteiger partial charge in [0.1, 0.15) is 0 Å². The number of hydrogen-bond donors (Lipinski definition) is 0. The van der Waals surface area contributed by atoms with E-state index < -0.39 is 30.4 Å². The summed E-state index contributed by atoms with van der Waals surface area (Å²) >= 11 is 58.0. The minimum atomic E-state index is -2.09. The van der Waals surface area contributed by atoms with E-state index in [1.807, 2.05) is 0 Å². The van der Waals surface area contributed by atoms with Crippen molar-refractivity contribution in [1.82, 2.24) is 0 Å². The molecule has 1 aliphatic heterocycles. The quantitative estimate of drug-likeness (QED) is 0.168. The summed E-state index contributed by atoms with van der Waals surface area (Å²) in [4.78, 5) is 0. The van der Waals surface area contributed by atoms with Crippen molar-refractivity contribution >= 4 is 245 Å². The molecule has 0 bridgehead atoms. The van der Waals surface area contributed by atoms with E-state index in [9.17, 15) is 0 Å². The van der Waals surface area contributed by atoms with E-state index in [2.05, 4.69) is 214 Å². The molecule has 21 heteroatoms.